The van der Waals surface area contributed by atoms with Gasteiger partial charge in [0, 0.05) is 43.7 Å². The van der Waals surface area contributed by atoms with Crippen LogP contribution in [0.25, 0.3) is 11.3 Å². The number of hydrogen-bond donors (Lipinski definition) is 0. The molecule has 28 heavy (non-hydrogen) atoms. The first kappa shape index (κ1) is 18.8. The average molecular weight is 401 g/mol. The summed E-state index contributed by atoms with van der Waals surface area (Å²) in [6.45, 7) is 4.22. The fourth-order valence-corrected chi connectivity index (χ4v) is 4.72. The molecule has 0 amide bonds. The van der Waals surface area contributed by atoms with Gasteiger partial charge in [-0.05, 0) is 56.3 Å². The van der Waals surface area contributed by atoms with E-state index in [9.17, 15) is 0 Å². The van der Waals surface area contributed by atoms with Crippen molar-refractivity contribution in [2.75, 3.05) is 0 Å². The van der Waals surface area contributed by atoms with Gasteiger partial charge in [0.15, 0.2) is 0 Å². The summed E-state index contributed by atoms with van der Waals surface area (Å²) in [6, 6.07) is 23.4. The zero-order chi connectivity index (χ0) is 19.3. The van der Waals surface area contributed by atoms with Crippen LogP contribution in [0, 0.1) is 13.8 Å². The monoisotopic (exact) mass is 400 g/mol. The summed E-state index contributed by atoms with van der Waals surface area (Å²) in [4.78, 5) is 13.7. The highest BCUT2D eigenvalue weighted by Gasteiger charge is 2.10. The predicted octanol–water partition coefficient (Wildman–Crippen LogP) is 7.06. The second-order valence-electron chi connectivity index (χ2n) is 6.58. The summed E-state index contributed by atoms with van der Waals surface area (Å²) in [5, 5.41) is 0. The first-order valence-corrected chi connectivity index (χ1v) is 10.7. The number of nitrogens with zero attached hydrogens (tertiary/aromatic N) is 2. The molecule has 0 aliphatic carbocycles. The van der Waals surface area contributed by atoms with Gasteiger partial charge in [0.05, 0.1) is 5.69 Å². The molecule has 2 aromatic heterocycles. The van der Waals surface area contributed by atoms with Crippen molar-refractivity contribution in [3.05, 3.63) is 96.4 Å². The van der Waals surface area contributed by atoms with Crippen LogP contribution in [0.15, 0.2) is 105 Å². The van der Waals surface area contributed by atoms with Crippen LogP contribution in [0.5, 0.6) is 0 Å². The molecule has 4 rings (SSSR count). The number of rotatable bonds is 5. The van der Waals surface area contributed by atoms with Crippen LogP contribution in [0.4, 0.5) is 0 Å². The Kier molecular flexibility index (Phi) is 5.79. The molecule has 4 heteroatoms. The molecule has 138 valence electrons. The van der Waals surface area contributed by atoms with E-state index in [1.807, 2.05) is 18.6 Å². The fraction of sp³-hybridized carbons (Fsp3) is 0.0833. The summed E-state index contributed by atoms with van der Waals surface area (Å²) < 4.78 is 0. The standard InChI is InChI=1S/C24H20N2S2/c1-17-6-8-19(9-7-17)28-24-11-12-25-16-22(24)23-15-21(10-13-26-23)27-20-5-3-4-18(2)14-20/h3-16H,1-2H3. The Labute approximate surface area is 174 Å². The van der Waals surface area contributed by atoms with E-state index in [-0.39, 0.29) is 0 Å². The minimum atomic E-state index is 0.945. The maximum absolute atomic E-state index is 4.62. The lowest BCUT2D eigenvalue weighted by atomic mass is 10.2. The lowest BCUT2D eigenvalue weighted by Gasteiger charge is -2.10. The van der Waals surface area contributed by atoms with Crippen LogP contribution in [0.3, 0.4) is 0 Å². The molecule has 2 nitrogen and oxygen atoms in total. The maximum Gasteiger partial charge on any atom is 0.0740 e. The third kappa shape index (κ3) is 4.64. The SMILES string of the molecule is Cc1ccc(Sc2ccncc2-c2cc(Sc3cccc(C)c3)ccn2)cc1. The Morgan fingerprint density at radius 2 is 1.50 bits per heavy atom. The summed E-state index contributed by atoms with van der Waals surface area (Å²) >= 11 is 3.50. The average Bonchev–Trinajstić information content (AvgIpc) is 2.70. The molecule has 4 aromatic rings. The van der Waals surface area contributed by atoms with E-state index in [0.717, 1.165) is 16.2 Å². The van der Waals surface area contributed by atoms with E-state index >= 15 is 0 Å². The molecule has 2 aromatic carbocycles. The number of aromatic nitrogens is 2. The van der Waals surface area contributed by atoms with Gasteiger partial charge in [-0.15, -0.1) is 0 Å². The van der Waals surface area contributed by atoms with E-state index in [1.54, 1.807) is 23.5 Å². The van der Waals surface area contributed by atoms with E-state index in [1.165, 1.54) is 25.8 Å². The summed E-state index contributed by atoms with van der Waals surface area (Å²) in [6.07, 6.45) is 5.62. The topological polar surface area (TPSA) is 25.8 Å². The fourth-order valence-electron chi connectivity index (χ4n) is 2.83. The number of aryl methyl sites for hydroxylation is 2. The van der Waals surface area contributed by atoms with Crippen molar-refractivity contribution in [2.24, 2.45) is 0 Å². The molecule has 0 bridgehead atoms. The van der Waals surface area contributed by atoms with Crippen LogP contribution in [-0.2, 0) is 0 Å². The maximum atomic E-state index is 4.62. The van der Waals surface area contributed by atoms with Crippen molar-refractivity contribution in [3.8, 4) is 11.3 Å². The highest BCUT2D eigenvalue weighted by molar-refractivity contribution is 7.99. The third-order valence-corrected chi connectivity index (χ3v) is 6.33. The molecule has 0 radical (unpaired) electrons. The lowest BCUT2D eigenvalue weighted by Crippen LogP contribution is -1.89. The van der Waals surface area contributed by atoms with Crippen molar-refractivity contribution in [1.82, 2.24) is 9.97 Å². The van der Waals surface area contributed by atoms with Gasteiger partial charge in [-0.1, -0.05) is 58.9 Å². The van der Waals surface area contributed by atoms with Gasteiger partial charge in [0.25, 0.3) is 0 Å². The molecule has 0 unspecified atom stereocenters. The summed E-state index contributed by atoms with van der Waals surface area (Å²) in [5.74, 6) is 0. The number of benzene rings is 2. The molecule has 0 fully saturated rings. The Bertz CT molecular complexity index is 1090. The van der Waals surface area contributed by atoms with Crippen molar-refractivity contribution in [2.45, 2.75) is 33.4 Å². The first-order valence-electron chi connectivity index (χ1n) is 9.07. The van der Waals surface area contributed by atoms with Gasteiger partial charge in [-0.25, -0.2) is 0 Å². The smallest absolute Gasteiger partial charge is 0.0740 e. The molecule has 0 N–H and O–H groups in total. The lowest BCUT2D eigenvalue weighted by molar-refractivity contribution is 1.20. The van der Waals surface area contributed by atoms with E-state index in [2.05, 4.69) is 90.5 Å². The third-order valence-electron chi connectivity index (χ3n) is 4.26. The molecule has 2 heterocycles. The molecular weight excluding hydrogens is 380 g/mol. The molecular formula is C24H20N2S2. The molecule has 0 aliphatic rings. The highest BCUT2D eigenvalue weighted by atomic mass is 32.2. The molecule has 0 atom stereocenters. The van der Waals surface area contributed by atoms with Gasteiger partial charge in [-0.3, -0.25) is 9.97 Å². The van der Waals surface area contributed by atoms with Gasteiger partial charge < -0.3 is 0 Å². The Hall–Kier alpha value is -2.56. The van der Waals surface area contributed by atoms with Crippen LogP contribution in [0.2, 0.25) is 0 Å². The van der Waals surface area contributed by atoms with Gasteiger partial charge in [-0.2, -0.15) is 0 Å². The van der Waals surface area contributed by atoms with Crippen LogP contribution >= 0.6 is 23.5 Å². The minimum Gasteiger partial charge on any atom is -0.264 e. The Morgan fingerprint density at radius 1 is 0.679 bits per heavy atom. The molecule has 0 saturated heterocycles. The Morgan fingerprint density at radius 3 is 2.32 bits per heavy atom. The van der Waals surface area contributed by atoms with Crippen LogP contribution in [0.1, 0.15) is 11.1 Å². The van der Waals surface area contributed by atoms with E-state index < -0.39 is 0 Å². The Balaban J connectivity index is 1.63. The molecule has 0 aliphatic heterocycles. The zero-order valence-electron chi connectivity index (χ0n) is 15.8. The second-order valence-corrected chi connectivity index (χ2v) is 8.84. The van der Waals surface area contributed by atoms with Gasteiger partial charge >= 0.3 is 0 Å². The predicted molar refractivity (Wildman–Crippen MR) is 118 cm³/mol. The number of pyridine rings is 2. The van der Waals surface area contributed by atoms with Gasteiger partial charge in [0.2, 0.25) is 0 Å². The van der Waals surface area contributed by atoms with Gasteiger partial charge in [0.1, 0.15) is 0 Å². The van der Waals surface area contributed by atoms with Crippen LogP contribution in [-0.4, -0.2) is 9.97 Å². The second kappa shape index (κ2) is 8.63. The number of hydrogen-bond acceptors (Lipinski definition) is 4. The van der Waals surface area contributed by atoms with Crippen LogP contribution < -0.4 is 0 Å². The quantitative estimate of drug-likeness (QED) is 0.358. The molecule has 0 saturated carbocycles. The highest BCUT2D eigenvalue weighted by Crippen LogP contribution is 2.36. The summed E-state index contributed by atoms with van der Waals surface area (Å²) in [5.41, 5.74) is 4.53. The van der Waals surface area contributed by atoms with Crippen molar-refractivity contribution >= 4 is 23.5 Å². The van der Waals surface area contributed by atoms with Crippen molar-refractivity contribution in [3.63, 3.8) is 0 Å². The normalized spacial score (nSPS) is 10.8. The van der Waals surface area contributed by atoms with E-state index in [4.69, 9.17) is 0 Å². The van der Waals surface area contributed by atoms with Crippen molar-refractivity contribution in [1.29, 1.82) is 0 Å². The minimum absolute atomic E-state index is 0.945. The van der Waals surface area contributed by atoms with E-state index in [0.29, 0.717) is 0 Å². The largest absolute Gasteiger partial charge is 0.264 e. The summed E-state index contributed by atoms with van der Waals surface area (Å²) in [7, 11) is 0. The molecule has 0 spiro atoms. The van der Waals surface area contributed by atoms with Crippen molar-refractivity contribution < 1.29 is 0 Å². The first-order chi connectivity index (χ1) is 13.7. The zero-order valence-corrected chi connectivity index (χ0v) is 17.4.